The van der Waals surface area contributed by atoms with E-state index < -0.39 is 0 Å². The number of amides is 1. The molecule has 3 nitrogen and oxygen atoms in total. The molecule has 1 heterocycles. The lowest BCUT2D eigenvalue weighted by Gasteiger charge is -2.08. The summed E-state index contributed by atoms with van der Waals surface area (Å²) in [4.78, 5) is 11.1. The summed E-state index contributed by atoms with van der Waals surface area (Å²) in [5.74, 6) is -0.0474. The average Bonchev–Trinajstić information content (AvgIpc) is 2.49. The number of carbonyl (C=O) groups excluding carboxylic acids is 1. The fourth-order valence-electron chi connectivity index (χ4n) is 1.60. The Balaban J connectivity index is 2.17. The van der Waals surface area contributed by atoms with Gasteiger partial charge in [-0.2, -0.15) is 0 Å². The molecule has 0 bridgehead atoms. The van der Waals surface area contributed by atoms with Crippen LogP contribution < -0.4 is 11.1 Å². The SMILES string of the molecule is N[C@@H]1C[C@H](c2ccccc2)NC1=O. The Morgan fingerprint density at radius 3 is 2.54 bits per heavy atom. The molecule has 0 unspecified atom stereocenters. The first-order valence-corrected chi connectivity index (χ1v) is 4.38. The molecule has 0 aromatic heterocycles. The van der Waals surface area contributed by atoms with Crippen LogP contribution in [0.25, 0.3) is 0 Å². The minimum absolute atomic E-state index is 0.0474. The first-order valence-electron chi connectivity index (χ1n) is 4.38. The van der Waals surface area contributed by atoms with Crippen molar-refractivity contribution in [1.82, 2.24) is 5.32 Å². The highest BCUT2D eigenvalue weighted by Crippen LogP contribution is 2.22. The monoisotopic (exact) mass is 176 g/mol. The van der Waals surface area contributed by atoms with Crippen molar-refractivity contribution in [2.75, 3.05) is 0 Å². The third kappa shape index (κ3) is 1.55. The van der Waals surface area contributed by atoms with Crippen molar-refractivity contribution >= 4 is 5.91 Å². The third-order valence-corrected chi connectivity index (χ3v) is 2.34. The zero-order valence-electron chi connectivity index (χ0n) is 7.23. The highest BCUT2D eigenvalue weighted by atomic mass is 16.2. The van der Waals surface area contributed by atoms with E-state index >= 15 is 0 Å². The highest BCUT2D eigenvalue weighted by molar-refractivity contribution is 5.84. The topological polar surface area (TPSA) is 55.1 Å². The van der Waals surface area contributed by atoms with E-state index in [4.69, 9.17) is 5.73 Å². The number of hydrogen-bond donors (Lipinski definition) is 2. The molecule has 0 spiro atoms. The summed E-state index contributed by atoms with van der Waals surface area (Å²) in [5, 5.41) is 2.86. The summed E-state index contributed by atoms with van der Waals surface area (Å²) >= 11 is 0. The molecule has 3 heteroatoms. The van der Waals surface area contributed by atoms with E-state index in [0.29, 0.717) is 6.42 Å². The van der Waals surface area contributed by atoms with Gasteiger partial charge in [-0.25, -0.2) is 0 Å². The molecular weight excluding hydrogens is 164 g/mol. The highest BCUT2D eigenvalue weighted by Gasteiger charge is 2.29. The molecule has 0 radical (unpaired) electrons. The maximum atomic E-state index is 11.1. The number of nitrogens with two attached hydrogens (primary N) is 1. The molecule has 2 rings (SSSR count). The molecule has 13 heavy (non-hydrogen) atoms. The number of rotatable bonds is 1. The number of nitrogens with one attached hydrogen (secondary N) is 1. The first-order chi connectivity index (χ1) is 6.27. The summed E-state index contributed by atoms with van der Waals surface area (Å²) in [6.07, 6.45) is 0.697. The molecule has 1 amide bonds. The summed E-state index contributed by atoms with van der Waals surface area (Å²) < 4.78 is 0. The molecule has 1 aliphatic rings. The molecule has 68 valence electrons. The Kier molecular flexibility index (Phi) is 2.02. The lowest BCUT2D eigenvalue weighted by molar-refractivity contribution is -0.120. The van der Waals surface area contributed by atoms with Crippen molar-refractivity contribution in [1.29, 1.82) is 0 Å². The van der Waals surface area contributed by atoms with Crippen LogP contribution in [0.4, 0.5) is 0 Å². The predicted molar refractivity (Wildman–Crippen MR) is 49.9 cm³/mol. The van der Waals surface area contributed by atoms with Gasteiger partial charge in [0.25, 0.3) is 0 Å². The van der Waals surface area contributed by atoms with Crippen LogP contribution in [0.5, 0.6) is 0 Å². The van der Waals surface area contributed by atoms with Crippen LogP contribution in [-0.4, -0.2) is 11.9 Å². The van der Waals surface area contributed by atoms with Crippen LogP contribution in [0, 0.1) is 0 Å². The summed E-state index contributed by atoms with van der Waals surface area (Å²) in [7, 11) is 0. The van der Waals surface area contributed by atoms with E-state index in [-0.39, 0.29) is 18.0 Å². The van der Waals surface area contributed by atoms with Crippen LogP contribution in [0.3, 0.4) is 0 Å². The van der Waals surface area contributed by atoms with E-state index in [0.717, 1.165) is 5.56 Å². The van der Waals surface area contributed by atoms with E-state index in [9.17, 15) is 4.79 Å². The Morgan fingerprint density at radius 1 is 1.31 bits per heavy atom. The first kappa shape index (κ1) is 8.26. The third-order valence-electron chi connectivity index (χ3n) is 2.34. The van der Waals surface area contributed by atoms with E-state index in [1.54, 1.807) is 0 Å². The zero-order valence-corrected chi connectivity index (χ0v) is 7.23. The van der Waals surface area contributed by atoms with Gasteiger partial charge in [-0.3, -0.25) is 4.79 Å². The quantitative estimate of drug-likeness (QED) is 0.657. The molecule has 1 saturated heterocycles. The average molecular weight is 176 g/mol. The zero-order chi connectivity index (χ0) is 9.26. The molecule has 1 aromatic rings. The van der Waals surface area contributed by atoms with Crippen molar-refractivity contribution in [3.05, 3.63) is 35.9 Å². The molecule has 1 aromatic carbocycles. The van der Waals surface area contributed by atoms with Crippen LogP contribution in [0.2, 0.25) is 0 Å². The van der Waals surface area contributed by atoms with Crippen molar-refractivity contribution in [2.24, 2.45) is 5.73 Å². The van der Waals surface area contributed by atoms with Crippen molar-refractivity contribution in [3.63, 3.8) is 0 Å². The Morgan fingerprint density at radius 2 is 2.00 bits per heavy atom. The molecule has 1 fully saturated rings. The number of hydrogen-bond acceptors (Lipinski definition) is 2. The van der Waals surface area contributed by atoms with Gasteiger partial charge in [0.2, 0.25) is 5.91 Å². The molecule has 0 aliphatic carbocycles. The second-order valence-corrected chi connectivity index (χ2v) is 3.31. The van der Waals surface area contributed by atoms with Gasteiger partial charge < -0.3 is 11.1 Å². The molecule has 0 saturated carbocycles. The van der Waals surface area contributed by atoms with Crippen LogP contribution in [0.1, 0.15) is 18.0 Å². The standard InChI is InChI=1S/C10H12N2O/c11-8-6-9(12-10(8)13)7-4-2-1-3-5-7/h1-5,8-9H,6,11H2,(H,12,13)/t8-,9-/m1/s1. The molecule has 1 aliphatic heterocycles. The summed E-state index contributed by atoms with van der Waals surface area (Å²) in [6, 6.07) is 9.65. The van der Waals surface area contributed by atoms with Gasteiger partial charge in [0, 0.05) is 0 Å². The van der Waals surface area contributed by atoms with E-state index in [1.807, 2.05) is 30.3 Å². The fraction of sp³-hybridized carbons (Fsp3) is 0.300. The predicted octanol–water partition coefficient (Wildman–Crippen LogP) is 0.575. The number of carbonyl (C=O) groups is 1. The summed E-state index contributed by atoms with van der Waals surface area (Å²) in [5.41, 5.74) is 6.72. The second-order valence-electron chi connectivity index (χ2n) is 3.31. The van der Waals surface area contributed by atoms with E-state index in [1.165, 1.54) is 0 Å². The lowest BCUT2D eigenvalue weighted by Crippen LogP contribution is -2.30. The van der Waals surface area contributed by atoms with E-state index in [2.05, 4.69) is 5.32 Å². The van der Waals surface area contributed by atoms with Gasteiger partial charge in [-0.1, -0.05) is 30.3 Å². The van der Waals surface area contributed by atoms with Gasteiger partial charge >= 0.3 is 0 Å². The van der Waals surface area contributed by atoms with Crippen LogP contribution in [0.15, 0.2) is 30.3 Å². The van der Waals surface area contributed by atoms with Gasteiger partial charge in [0.05, 0.1) is 12.1 Å². The normalized spacial score (nSPS) is 27.3. The Hall–Kier alpha value is -1.35. The van der Waals surface area contributed by atoms with Crippen molar-refractivity contribution < 1.29 is 4.79 Å². The lowest BCUT2D eigenvalue weighted by atomic mass is 10.0. The van der Waals surface area contributed by atoms with Gasteiger partial charge in [0.1, 0.15) is 0 Å². The largest absolute Gasteiger partial charge is 0.348 e. The Bertz CT molecular complexity index is 310. The van der Waals surface area contributed by atoms with Gasteiger partial charge in [-0.15, -0.1) is 0 Å². The van der Waals surface area contributed by atoms with Crippen LogP contribution in [-0.2, 0) is 4.79 Å². The smallest absolute Gasteiger partial charge is 0.237 e. The van der Waals surface area contributed by atoms with Gasteiger partial charge in [-0.05, 0) is 12.0 Å². The molecule has 2 atom stereocenters. The minimum atomic E-state index is -0.342. The maximum absolute atomic E-state index is 11.1. The fourth-order valence-corrected chi connectivity index (χ4v) is 1.60. The minimum Gasteiger partial charge on any atom is -0.348 e. The van der Waals surface area contributed by atoms with Crippen LogP contribution >= 0.6 is 0 Å². The number of benzene rings is 1. The summed E-state index contributed by atoms with van der Waals surface area (Å²) in [6.45, 7) is 0. The van der Waals surface area contributed by atoms with Crippen molar-refractivity contribution in [3.8, 4) is 0 Å². The molecular formula is C10H12N2O. The Labute approximate surface area is 76.9 Å². The van der Waals surface area contributed by atoms with Gasteiger partial charge in [0.15, 0.2) is 0 Å². The molecule has 3 N–H and O–H groups in total. The maximum Gasteiger partial charge on any atom is 0.237 e. The second kappa shape index (κ2) is 3.18. The van der Waals surface area contributed by atoms with Crippen molar-refractivity contribution in [2.45, 2.75) is 18.5 Å².